The van der Waals surface area contributed by atoms with Gasteiger partial charge in [-0.1, -0.05) is 6.07 Å². The Morgan fingerprint density at radius 3 is 2.41 bits per heavy atom. The van der Waals surface area contributed by atoms with E-state index in [1.807, 2.05) is 12.1 Å². The molecule has 22 heavy (non-hydrogen) atoms. The van der Waals surface area contributed by atoms with Crippen LogP contribution in [-0.2, 0) is 0 Å². The van der Waals surface area contributed by atoms with Crippen LogP contribution in [0.3, 0.4) is 0 Å². The molecule has 0 spiro atoms. The minimum absolute atomic E-state index is 0.391. The largest absolute Gasteiger partial charge is 0.350 e. The number of aromatic nitrogens is 3. The van der Waals surface area contributed by atoms with E-state index >= 15 is 0 Å². The van der Waals surface area contributed by atoms with Gasteiger partial charge < -0.3 is 9.80 Å². The average Bonchev–Trinajstić information content (AvgIpc) is 2.95. The van der Waals surface area contributed by atoms with Gasteiger partial charge in [-0.05, 0) is 44.2 Å². The van der Waals surface area contributed by atoms with Crippen LogP contribution in [0.15, 0.2) is 18.2 Å². The van der Waals surface area contributed by atoms with Crippen molar-refractivity contribution >= 4 is 5.82 Å². The van der Waals surface area contributed by atoms with Crippen LogP contribution in [0.1, 0.15) is 16.8 Å². The fraction of sp³-hybridized carbons (Fsp3) is 0.438. The van der Waals surface area contributed by atoms with Crippen molar-refractivity contribution in [2.75, 3.05) is 38.1 Å². The van der Waals surface area contributed by atoms with Crippen molar-refractivity contribution in [3.8, 4) is 11.8 Å². The first-order valence-electron chi connectivity index (χ1n) is 7.47. The highest BCUT2D eigenvalue weighted by Crippen LogP contribution is 2.20. The van der Waals surface area contributed by atoms with Gasteiger partial charge in [0.25, 0.3) is 0 Å². The fourth-order valence-corrected chi connectivity index (χ4v) is 2.57. The quantitative estimate of drug-likeness (QED) is 0.840. The summed E-state index contributed by atoms with van der Waals surface area (Å²) >= 11 is 0. The first-order chi connectivity index (χ1) is 10.6. The molecule has 1 saturated heterocycles. The van der Waals surface area contributed by atoms with E-state index in [1.54, 1.807) is 4.80 Å². The van der Waals surface area contributed by atoms with Gasteiger partial charge in [-0.15, -0.1) is 15.0 Å². The van der Waals surface area contributed by atoms with Gasteiger partial charge in [0.2, 0.25) is 5.69 Å². The molecule has 1 aliphatic rings. The second kappa shape index (κ2) is 5.78. The Labute approximate surface area is 130 Å². The summed E-state index contributed by atoms with van der Waals surface area (Å²) in [5.41, 5.74) is 3.70. The molecule has 6 nitrogen and oxygen atoms in total. The third kappa shape index (κ3) is 2.68. The van der Waals surface area contributed by atoms with Crippen molar-refractivity contribution in [1.29, 1.82) is 5.26 Å². The zero-order valence-corrected chi connectivity index (χ0v) is 13.2. The third-order valence-corrected chi connectivity index (χ3v) is 4.23. The van der Waals surface area contributed by atoms with Crippen LogP contribution >= 0.6 is 0 Å². The van der Waals surface area contributed by atoms with E-state index in [1.165, 1.54) is 11.1 Å². The molecule has 0 unspecified atom stereocenters. The molecule has 0 saturated carbocycles. The zero-order valence-electron chi connectivity index (χ0n) is 13.2. The lowest BCUT2D eigenvalue weighted by Gasteiger charge is -2.32. The molecule has 1 aromatic heterocycles. The fourth-order valence-electron chi connectivity index (χ4n) is 2.57. The van der Waals surface area contributed by atoms with Crippen LogP contribution in [-0.4, -0.2) is 53.1 Å². The lowest BCUT2D eigenvalue weighted by molar-refractivity contribution is 0.312. The molecule has 114 valence electrons. The molecular weight excluding hydrogens is 276 g/mol. The highest BCUT2D eigenvalue weighted by molar-refractivity contribution is 5.51. The van der Waals surface area contributed by atoms with E-state index < -0.39 is 0 Å². The molecule has 0 aliphatic carbocycles. The summed E-state index contributed by atoms with van der Waals surface area (Å²) in [4.78, 5) is 5.98. The van der Waals surface area contributed by atoms with Gasteiger partial charge in [0.15, 0.2) is 5.82 Å². The summed E-state index contributed by atoms with van der Waals surface area (Å²) in [6, 6.07) is 8.25. The molecule has 1 aliphatic heterocycles. The predicted octanol–water partition coefficient (Wildman–Crippen LogP) is 1.51. The number of aryl methyl sites for hydroxylation is 2. The van der Waals surface area contributed by atoms with E-state index in [9.17, 15) is 5.26 Å². The number of nitriles is 1. The Bertz CT molecular complexity index is 719. The van der Waals surface area contributed by atoms with Crippen molar-refractivity contribution in [3.05, 3.63) is 35.0 Å². The summed E-state index contributed by atoms with van der Waals surface area (Å²) in [7, 11) is 2.11. The minimum Gasteiger partial charge on any atom is -0.350 e. The molecule has 0 amide bonds. The Morgan fingerprint density at radius 1 is 1.05 bits per heavy atom. The summed E-state index contributed by atoms with van der Waals surface area (Å²) in [5, 5.41) is 18.3. The smallest absolute Gasteiger partial charge is 0.207 e. The van der Waals surface area contributed by atoms with Gasteiger partial charge in [-0.2, -0.15) is 5.26 Å². The van der Waals surface area contributed by atoms with Crippen molar-refractivity contribution in [3.63, 3.8) is 0 Å². The van der Waals surface area contributed by atoms with Gasteiger partial charge in [0, 0.05) is 26.2 Å². The molecular formula is C16H20N6. The maximum absolute atomic E-state index is 9.36. The average molecular weight is 296 g/mol. The van der Waals surface area contributed by atoms with Crippen molar-refractivity contribution in [2.24, 2.45) is 0 Å². The van der Waals surface area contributed by atoms with Crippen molar-refractivity contribution in [2.45, 2.75) is 13.8 Å². The number of nitrogens with zero attached hydrogens (tertiary/aromatic N) is 6. The molecule has 0 bridgehead atoms. The standard InChI is InChI=1S/C16H20N6/c1-12-4-5-14(10-13(12)2)22-18-15(11-17)16(19-22)21-8-6-20(3)7-9-21/h4-5,10H,6-9H2,1-3H3. The molecule has 6 heteroatoms. The maximum Gasteiger partial charge on any atom is 0.207 e. The number of benzene rings is 1. The summed E-state index contributed by atoms with van der Waals surface area (Å²) in [5.74, 6) is 0.689. The number of hydrogen-bond acceptors (Lipinski definition) is 5. The predicted molar refractivity (Wildman–Crippen MR) is 85.3 cm³/mol. The number of likely N-dealkylation sites (N-methyl/N-ethyl adjacent to an activating group) is 1. The summed E-state index contributed by atoms with van der Waals surface area (Å²) in [6.45, 7) is 7.83. The number of hydrogen-bond donors (Lipinski definition) is 0. The van der Waals surface area contributed by atoms with Crippen molar-refractivity contribution < 1.29 is 0 Å². The lowest BCUT2D eigenvalue weighted by atomic mass is 10.1. The van der Waals surface area contributed by atoms with Crippen LogP contribution in [0, 0.1) is 25.2 Å². The van der Waals surface area contributed by atoms with Crippen LogP contribution in [0.25, 0.3) is 5.69 Å². The first kappa shape index (κ1) is 14.5. The van der Waals surface area contributed by atoms with E-state index in [2.05, 4.69) is 53.0 Å². The molecule has 2 heterocycles. The lowest BCUT2D eigenvalue weighted by Crippen LogP contribution is -2.45. The third-order valence-electron chi connectivity index (χ3n) is 4.23. The van der Waals surface area contributed by atoms with Crippen LogP contribution in [0.4, 0.5) is 5.82 Å². The van der Waals surface area contributed by atoms with Crippen LogP contribution in [0.2, 0.25) is 0 Å². The van der Waals surface area contributed by atoms with E-state index in [0.717, 1.165) is 31.9 Å². The first-order valence-corrected chi connectivity index (χ1v) is 7.47. The molecule has 0 atom stereocenters. The normalized spacial score (nSPS) is 15.8. The highest BCUT2D eigenvalue weighted by Gasteiger charge is 2.22. The Morgan fingerprint density at radius 2 is 1.77 bits per heavy atom. The molecule has 0 N–H and O–H groups in total. The topological polar surface area (TPSA) is 61.0 Å². The highest BCUT2D eigenvalue weighted by atomic mass is 15.5. The van der Waals surface area contributed by atoms with Gasteiger partial charge in [-0.3, -0.25) is 0 Å². The van der Waals surface area contributed by atoms with Crippen LogP contribution < -0.4 is 4.90 Å². The van der Waals surface area contributed by atoms with Crippen LogP contribution in [0.5, 0.6) is 0 Å². The van der Waals surface area contributed by atoms with Gasteiger partial charge in [0.05, 0.1) is 5.69 Å². The molecule has 1 fully saturated rings. The summed E-state index contributed by atoms with van der Waals surface area (Å²) in [6.07, 6.45) is 0. The Hall–Kier alpha value is -2.39. The maximum atomic E-state index is 9.36. The molecule has 2 aromatic rings. The SMILES string of the molecule is Cc1ccc(-n2nc(C#N)c(N3CCN(C)CC3)n2)cc1C. The molecule has 3 rings (SSSR count). The van der Waals surface area contributed by atoms with Gasteiger partial charge in [0.1, 0.15) is 6.07 Å². The monoisotopic (exact) mass is 296 g/mol. The Balaban J connectivity index is 1.94. The summed E-state index contributed by atoms with van der Waals surface area (Å²) < 4.78 is 0. The van der Waals surface area contributed by atoms with E-state index in [4.69, 9.17) is 0 Å². The zero-order chi connectivity index (χ0) is 15.7. The van der Waals surface area contributed by atoms with Crippen molar-refractivity contribution in [1.82, 2.24) is 19.9 Å². The number of rotatable bonds is 2. The number of anilines is 1. The Kier molecular flexibility index (Phi) is 3.82. The second-order valence-electron chi connectivity index (χ2n) is 5.83. The second-order valence-corrected chi connectivity index (χ2v) is 5.83. The van der Waals surface area contributed by atoms with E-state index in [0.29, 0.717) is 11.5 Å². The number of piperazine rings is 1. The van der Waals surface area contributed by atoms with Gasteiger partial charge in [-0.25, -0.2) is 0 Å². The van der Waals surface area contributed by atoms with Gasteiger partial charge >= 0.3 is 0 Å². The van der Waals surface area contributed by atoms with E-state index in [-0.39, 0.29) is 0 Å². The minimum atomic E-state index is 0.391. The molecule has 1 aromatic carbocycles. The molecule has 0 radical (unpaired) electrons.